The predicted octanol–water partition coefficient (Wildman–Crippen LogP) is 2.20. The van der Waals surface area contributed by atoms with E-state index in [0.717, 1.165) is 24.5 Å². The van der Waals surface area contributed by atoms with Crippen LogP contribution in [0.5, 0.6) is 0 Å². The molecule has 2 aliphatic rings. The first-order valence-electron chi connectivity index (χ1n) is 9.04. The third-order valence-electron chi connectivity index (χ3n) is 5.07. The summed E-state index contributed by atoms with van der Waals surface area (Å²) in [7, 11) is 0. The first-order chi connectivity index (χ1) is 11.7. The van der Waals surface area contributed by atoms with E-state index in [1.54, 1.807) is 0 Å². The Bertz CT molecular complexity index is 532. The SMILES string of the molecule is O=C(CN1CCN(C(=O)c2cccs2)CC1)NCC1CCCCC1. The van der Waals surface area contributed by atoms with E-state index >= 15 is 0 Å². The molecule has 132 valence electrons. The van der Waals surface area contributed by atoms with Gasteiger partial charge in [-0.1, -0.05) is 25.3 Å². The van der Waals surface area contributed by atoms with Crippen LogP contribution < -0.4 is 5.32 Å². The van der Waals surface area contributed by atoms with Crippen LogP contribution in [0, 0.1) is 5.92 Å². The summed E-state index contributed by atoms with van der Waals surface area (Å²) in [6.45, 7) is 4.23. The topological polar surface area (TPSA) is 52.7 Å². The molecular weight excluding hydrogens is 322 g/mol. The first-order valence-corrected chi connectivity index (χ1v) is 9.92. The molecule has 0 radical (unpaired) electrons. The van der Waals surface area contributed by atoms with Crippen LogP contribution >= 0.6 is 11.3 Å². The molecule has 0 atom stereocenters. The van der Waals surface area contributed by atoms with E-state index in [-0.39, 0.29) is 11.8 Å². The summed E-state index contributed by atoms with van der Waals surface area (Å²) in [4.78, 5) is 29.3. The van der Waals surface area contributed by atoms with Gasteiger partial charge < -0.3 is 10.2 Å². The summed E-state index contributed by atoms with van der Waals surface area (Å²) in [5.41, 5.74) is 0. The molecule has 2 fully saturated rings. The molecule has 1 aliphatic heterocycles. The van der Waals surface area contributed by atoms with E-state index in [2.05, 4.69) is 10.2 Å². The fraction of sp³-hybridized carbons (Fsp3) is 0.667. The Balaban J connectivity index is 1.35. The zero-order valence-electron chi connectivity index (χ0n) is 14.2. The van der Waals surface area contributed by atoms with Gasteiger partial charge in [-0.15, -0.1) is 11.3 Å². The quantitative estimate of drug-likeness (QED) is 0.887. The van der Waals surface area contributed by atoms with Crippen LogP contribution in [-0.2, 0) is 4.79 Å². The Morgan fingerprint density at radius 1 is 1.12 bits per heavy atom. The van der Waals surface area contributed by atoms with Crippen LogP contribution in [0.15, 0.2) is 17.5 Å². The molecule has 2 heterocycles. The number of nitrogens with one attached hydrogen (secondary N) is 1. The smallest absolute Gasteiger partial charge is 0.264 e. The fourth-order valence-corrected chi connectivity index (χ4v) is 4.26. The molecule has 2 amide bonds. The summed E-state index contributed by atoms with van der Waals surface area (Å²) in [6, 6.07) is 3.78. The highest BCUT2D eigenvalue weighted by Crippen LogP contribution is 2.22. The molecular formula is C18H27N3O2S. The highest BCUT2D eigenvalue weighted by Gasteiger charge is 2.24. The lowest BCUT2D eigenvalue weighted by Crippen LogP contribution is -2.51. The summed E-state index contributed by atoms with van der Waals surface area (Å²) >= 11 is 1.49. The van der Waals surface area contributed by atoms with E-state index in [1.807, 2.05) is 22.4 Å². The van der Waals surface area contributed by atoms with Gasteiger partial charge >= 0.3 is 0 Å². The van der Waals surface area contributed by atoms with Crippen molar-refractivity contribution in [3.05, 3.63) is 22.4 Å². The van der Waals surface area contributed by atoms with Gasteiger partial charge in [0.25, 0.3) is 5.91 Å². The van der Waals surface area contributed by atoms with Crippen LogP contribution in [0.1, 0.15) is 41.8 Å². The van der Waals surface area contributed by atoms with Crippen molar-refractivity contribution in [2.24, 2.45) is 5.92 Å². The zero-order valence-corrected chi connectivity index (χ0v) is 15.0. The minimum absolute atomic E-state index is 0.117. The third kappa shape index (κ3) is 4.80. The lowest BCUT2D eigenvalue weighted by Gasteiger charge is -2.34. The van der Waals surface area contributed by atoms with E-state index in [4.69, 9.17) is 0 Å². The highest BCUT2D eigenvalue weighted by atomic mass is 32.1. The second-order valence-electron chi connectivity index (χ2n) is 6.85. The molecule has 3 rings (SSSR count). The van der Waals surface area contributed by atoms with Gasteiger partial charge in [0.1, 0.15) is 0 Å². The molecule has 1 N–H and O–H groups in total. The van der Waals surface area contributed by atoms with Crippen LogP contribution in [0.25, 0.3) is 0 Å². The molecule has 1 saturated carbocycles. The van der Waals surface area contributed by atoms with Crippen molar-refractivity contribution >= 4 is 23.2 Å². The Morgan fingerprint density at radius 3 is 2.54 bits per heavy atom. The summed E-state index contributed by atoms with van der Waals surface area (Å²) < 4.78 is 0. The van der Waals surface area contributed by atoms with Gasteiger partial charge in [0, 0.05) is 32.7 Å². The van der Waals surface area contributed by atoms with Crippen molar-refractivity contribution in [1.82, 2.24) is 15.1 Å². The molecule has 1 saturated heterocycles. The standard InChI is InChI=1S/C18H27N3O2S/c22-17(19-13-15-5-2-1-3-6-15)14-20-8-10-21(11-9-20)18(23)16-7-4-12-24-16/h4,7,12,15H,1-3,5-6,8-11,13-14H2,(H,19,22). The minimum atomic E-state index is 0.117. The number of rotatable bonds is 5. The molecule has 0 bridgehead atoms. The lowest BCUT2D eigenvalue weighted by atomic mass is 9.89. The molecule has 5 nitrogen and oxygen atoms in total. The van der Waals surface area contributed by atoms with Gasteiger partial charge in [0.05, 0.1) is 11.4 Å². The van der Waals surface area contributed by atoms with E-state index in [0.29, 0.717) is 25.6 Å². The second-order valence-corrected chi connectivity index (χ2v) is 7.80. The van der Waals surface area contributed by atoms with Crippen molar-refractivity contribution in [2.45, 2.75) is 32.1 Å². The van der Waals surface area contributed by atoms with Gasteiger partial charge in [-0.2, -0.15) is 0 Å². The Labute approximate surface area is 148 Å². The number of hydrogen-bond donors (Lipinski definition) is 1. The van der Waals surface area contributed by atoms with Gasteiger partial charge in [-0.3, -0.25) is 14.5 Å². The molecule has 0 spiro atoms. The monoisotopic (exact) mass is 349 g/mol. The largest absolute Gasteiger partial charge is 0.355 e. The Hall–Kier alpha value is -1.40. The number of nitrogens with zero attached hydrogens (tertiary/aromatic N) is 2. The minimum Gasteiger partial charge on any atom is -0.355 e. The number of thiophene rings is 1. The number of carbonyl (C=O) groups is 2. The van der Waals surface area contributed by atoms with Gasteiger partial charge in [0.2, 0.25) is 5.91 Å². The normalized spacial score (nSPS) is 20.1. The van der Waals surface area contributed by atoms with Crippen molar-refractivity contribution < 1.29 is 9.59 Å². The van der Waals surface area contributed by atoms with Crippen LogP contribution in [0.4, 0.5) is 0 Å². The Kier molecular flexibility index (Phi) is 6.26. The molecule has 1 aromatic heterocycles. The van der Waals surface area contributed by atoms with Crippen molar-refractivity contribution in [3.63, 3.8) is 0 Å². The molecule has 24 heavy (non-hydrogen) atoms. The van der Waals surface area contributed by atoms with Crippen molar-refractivity contribution in [2.75, 3.05) is 39.3 Å². The maximum Gasteiger partial charge on any atom is 0.264 e. The van der Waals surface area contributed by atoms with Gasteiger partial charge in [0.15, 0.2) is 0 Å². The summed E-state index contributed by atoms with van der Waals surface area (Å²) in [5, 5.41) is 5.03. The number of piperazine rings is 1. The van der Waals surface area contributed by atoms with E-state index < -0.39 is 0 Å². The molecule has 6 heteroatoms. The predicted molar refractivity (Wildman–Crippen MR) is 96.2 cm³/mol. The number of amides is 2. The maximum absolute atomic E-state index is 12.3. The number of carbonyl (C=O) groups excluding carboxylic acids is 2. The van der Waals surface area contributed by atoms with Crippen molar-refractivity contribution in [3.8, 4) is 0 Å². The fourth-order valence-electron chi connectivity index (χ4n) is 3.57. The van der Waals surface area contributed by atoms with E-state index in [9.17, 15) is 9.59 Å². The summed E-state index contributed by atoms with van der Waals surface area (Å²) in [5.74, 6) is 0.910. The van der Waals surface area contributed by atoms with Crippen LogP contribution in [0.2, 0.25) is 0 Å². The average Bonchev–Trinajstić information content (AvgIpc) is 3.16. The average molecular weight is 350 g/mol. The second kappa shape index (κ2) is 8.62. The third-order valence-corrected chi connectivity index (χ3v) is 5.93. The maximum atomic E-state index is 12.3. The highest BCUT2D eigenvalue weighted by molar-refractivity contribution is 7.12. The zero-order chi connectivity index (χ0) is 16.8. The van der Waals surface area contributed by atoms with Crippen LogP contribution in [0.3, 0.4) is 0 Å². The van der Waals surface area contributed by atoms with E-state index in [1.165, 1.54) is 43.4 Å². The van der Waals surface area contributed by atoms with Gasteiger partial charge in [-0.05, 0) is 30.2 Å². The van der Waals surface area contributed by atoms with Gasteiger partial charge in [-0.25, -0.2) is 0 Å². The molecule has 0 unspecified atom stereocenters. The molecule has 1 aromatic rings. The Morgan fingerprint density at radius 2 is 1.88 bits per heavy atom. The van der Waals surface area contributed by atoms with Crippen LogP contribution in [-0.4, -0.2) is 60.9 Å². The van der Waals surface area contributed by atoms with Crippen molar-refractivity contribution in [1.29, 1.82) is 0 Å². The summed E-state index contributed by atoms with van der Waals surface area (Å²) in [6.07, 6.45) is 6.47. The molecule has 1 aliphatic carbocycles. The number of hydrogen-bond acceptors (Lipinski definition) is 4. The first kappa shape index (κ1) is 17.4. The lowest BCUT2D eigenvalue weighted by molar-refractivity contribution is -0.122. The molecule has 0 aromatic carbocycles.